The van der Waals surface area contributed by atoms with Gasteiger partial charge in [-0.25, -0.2) is 4.98 Å². The maximum atomic E-state index is 12.3. The molecule has 0 saturated carbocycles. The van der Waals surface area contributed by atoms with Gasteiger partial charge >= 0.3 is 0 Å². The number of methoxy groups -OCH3 is 1. The Balaban J connectivity index is 2.19. The molecule has 22 heavy (non-hydrogen) atoms. The molecule has 0 radical (unpaired) electrons. The van der Waals surface area contributed by atoms with Crippen molar-refractivity contribution < 1.29 is 14.3 Å². The van der Waals surface area contributed by atoms with E-state index in [1.54, 1.807) is 31.4 Å². The smallest absolute Gasteiger partial charge is 0.291 e. The van der Waals surface area contributed by atoms with Gasteiger partial charge in [0.15, 0.2) is 5.15 Å². The second-order valence-corrected chi connectivity index (χ2v) is 4.97. The molecule has 0 fully saturated rings. The summed E-state index contributed by atoms with van der Waals surface area (Å²) in [6, 6.07) is 6.91. The van der Waals surface area contributed by atoms with E-state index >= 15 is 0 Å². The van der Waals surface area contributed by atoms with Gasteiger partial charge in [0.1, 0.15) is 17.6 Å². The normalized spacial score (nSPS) is 10.5. The molecule has 0 unspecified atom stereocenters. The van der Waals surface area contributed by atoms with Crippen molar-refractivity contribution in [1.29, 1.82) is 0 Å². The van der Waals surface area contributed by atoms with Gasteiger partial charge in [-0.15, -0.1) is 0 Å². The number of amides is 1. The summed E-state index contributed by atoms with van der Waals surface area (Å²) >= 11 is 11.9. The Hall–Kier alpha value is -1.76. The summed E-state index contributed by atoms with van der Waals surface area (Å²) in [6.45, 7) is 2.41. The highest BCUT2D eigenvalue weighted by atomic mass is 35.5. The van der Waals surface area contributed by atoms with Crippen molar-refractivity contribution in [3.8, 4) is 5.75 Å². The number of hydrogen-bond donors (Lipinski definition) is 1. The molecule has 0 saturated heterocycles. The van der Waals surface area contributed by atoms with Gasteiger partial charge in [-0.3, -0.25) is 9.36 Å². The molecule has 118 valence electrons. The third kappa shape index (κ3) is 3.71. The molecule has 2 rings (SSSR count). The fraction of sp³-hybridized carbons (Fsp3) is 0.286. The van der Waals surface area contributed by atoms with E-state index in [1.807, 2.05) is 6.92 Å². The number of ether oxygens (including phenoxy) is 2. The van der Waals surface area contributed by atoms with Crippen LogP contribution in [-0.2, 0) is 11.5 Å². The van der Waals surface area contributed by atoms with Gasteiger partial charge in [0.2, 0.25) is 5.82 Å². The summed E-state index contributed by atoms with van der Waals surface area (Å²) in [4.78, 5) is 16.3. The van der Waals surface area contributed by atoms with Crippen LogP contribution in [0, 0.1) is 0 Å². The lowest BCUT2D eigenvalue weighted by Crippen LogP contribution is -2.19. The van der Waals surface area contributed by atoms with Crippen LogP contribution in [0.4, 0.5) is 5.69 Å². The summed E-state index contributed by atoms with van der Waals surface area (Å²) < 4.78 is 11.7. The average molecular weight is 344 g/mol. The van der Waals surface area contributed by atoms with Gasteiger partial charge in [-0.2, -0.15) is 0 Å². The Morgan fingerprint density at radius 3 is 2.59 bits per heavy atom. The molecule has 1 aromatic heterocycles. The summed E-state index contributed by atoms with van der Waals surface area (Å²) in [5, 5.41) is 2.93. The van der Waals surface area contributed by atoms with Gasteiger partial charge in [-0.05, 0) is 31.2 Å². The Morgan fingerprint density at radius 1 is 1.32 bits per heavy atom. The standard InChI is InChI=1S/C14H15Cl2N3O3/c1-3-22-8-19-12(16)11(15)18-13(19)14(20)17-9-4-6-10(21-2)7-5-9/h4-7H,3,8H2,1-2H3,(H,17,20). The lowest BCUT2D eigenvalue weighted by atomic mass is 10.3. The second kappa shape index (κ2) is 7.49. The average Bonchev–Trinajstić information content (AvgIpc) is 2.81. The van der Waals surface area contributed by atoms with E-state index in [4.69, 9.17) is 32.7 Å². The quantitative estimate of drug-likeness (QED) is 0.872. The molecule has 6 nitrogen and oxygen atoms in total. The topological polar surface area (TPSA) is 65.4 Å². The number of nitrogens with one attached hydrogen (secondary N) is 1. The number of carbonyl (C=O) groups is 1. The third-order valence-corrected chi connectivity index (χ3v) is 3.59. The van der Waals surface area contributed by atoms with Crippen LogP contribution in [0.25, 0.3) is 0 Å². The van der Waals surface area contributed by atoms with Crippen molar-refractivity contribution >= 4 is 34.8 Å². The van der Waals surface area contributed by atoms with Crippen LogP contribution in [0.2, 0.25) is 10.3 Å². The highest BCUT2D eigenvalue weighted by Gasteiger charge is 2.20. The van der Waals surface area contributed by atoms with E-state index in [9.17, 15) is 4.79 Å². The number of nitrogens with zero attached hydrogens (tertiary/aromatic N) is 2. The van der Waals surface area contributed by atoms with E-state index in [0.29, 0.717) is 18.0 Å². The first-order chi connectivity index (χ1) is 10.6. The molecule has 1 heterocycles. The van der Waals surface area contributed by atoms with Crippen molar-refractivity contribution in [3.63, 3.8) is 0 Å². The number of anilines is 1. The van der Waals surface area contributed by atoms with E-state index in [0.717, 1.165) is 0 Å². The predicted molar refractivity (Wildman–Crippen MR) is 84.8 cm³/mol. The van der Waals surface area contributed by atoms with Crippen LogP contribution in [0.5, 0.6) is 5.75 Å². The van der Waals surface area contributed by atoms with Gasteiger partial charge in [0.25, 0.3) is 5.91 Å². The van der Waals surface area contributed by atoms with E-state index < -0.39 is 5.91 Å². The van der Waals surface area contributed by atoms with Gasteiger partial charge in [0, 0.05) is 12.3 Å². The minimum Gasteiger partial charge on any atom is -0.497 e. The lowest BCUT2D eigenvalue weighted by molar-refractivity contribution is 0.0815. The minimum absolute atomic E-state index is 0.0567. The molecular formula is C14H15Cl2N3O3. The SMILES string of the molecule is CCOCn1c(C(=O)Nc2ccc(OC)cc2)nc(Cl)c1Cl. The molecule has 0 aliphatic carbocycles. The molecule has 0 atom stereocenters. The van der Waals surface area contributed by atoms with Crippen LogP contribution < -0.4 is 10.1 Å². The zero-order valence-electron chi connectivity index (χ0n) is 12.1. The van der Waals surface area contributed by atoms with Crippen molar-refractivity contribution in [2.75, 3.05) is 19.0 Å². The Labute approximate surface area is 137 Å². The molecule has 1 aromatic carbocycles. The van der Waals surface area contributed by atoms with E-state index in [2.05, 4.69) is 10.3 Å². The predicted octanol–water partition coefficient (Wildman–Crippen LogP) is 3.44. The summed E-state index contributed by atoms with van der Waals surface area (Å²) in [6.07, 6.45) is 0. The third-order valence-electron chi connectivity index (χ3n) is 2.84. The fourth-order valence-corrected chi connectivity index (χ4v) is 2.09. The second-order valence-electron chi connectivity index (χ2n) is 4.25. The van der Waals surface area contributed by atoms with Crippen LogP contribution in [0.15, 0.2) is 24.3 Å². The largest absolute Gasteiger partial charge is 0.497 e. The molecule has 0 spiro atoms. The number of carbonyl (C=O) groups excluding carboxylic acids is 1. The van der Waals surface area contributed by atoms with Crippen LogP contribution in [-0.4, -0.2) is 29.2 Å². The van der Waals surface area contributed by atoms with E-state index in [1.165, 1.54) is 4.57 Å². The highest BCUT2D eigenvalue weighted by Crippen LogP contribution is 2.24. The molecule has 8 heteroatoms. The molecule has 0 bridgehead atoms. The number of benzene rings is 1. The van der Waals surface area contributed by atoms with Crippen LogP contribution >= 0.6 is 23.2 Å². The van der Waals surface area contributed by atoms with Crippen molar-refractivity contribution in [2.24, 2.45) is 0 Å². The van der Waals surface area contributed by atoms with E-state index in [-0.39, 0.29) is 22.9 Å². The summed E-state index contributed by atoms with van der Waals surface area (Å²) in [7, 11) is 1.57. The monoisotopic (exact) mass is 343 g/mol. The number of hydrogen-bond acceptors (Lipinski definition) is 4. The molecule has 0 aliphatic heterocycles. The number of halogens is 2. The molecule has 2 aromatic rings. The Kier molecular flexibility index (Phi) is 5.65. The fourth-order valence-electron chi connectivity index (χ4n) is 1.74. The minimum atomic E-state index is -0.432. The molecular weight excluding hydrogens is 329 g/mol. The zero-order valence-corrected chi connectivity index (χ0v) is 13.6. The Bertz CT molecular complexity index is 656. The van der Waals surface area contributed by atoms with Gasteiger partial charge < -0.3 is 14.8 Å². The number of imidazole rings is 1. The van der Waals surface area contributed by atoms with Crippen LogP contribution in [0.1, 0.15) is 17.5 Å². The maximum absolute atomic E-state index is 12.3. The van der Waals surface area contributed by atoms with Gasteiger partial charge in [-0.1, -0.05) is 23.2 Å². The maximum Gasteiger partial charge on any atom is 0.291 e. The van der Waals surface area contributed by atoms with Crippen molar-refractivity contribution in [2.45, 2.75) is 13.7 Å². The summed E-state index contributed by atoms with van der Waals surface area (Å²) in [5.74, 6) is 0.347. The van der Waals surface area contributed by atoms with Gasteiger partial charge in [0.05, 0.1) is 7.11 Å². The summed E-state index contributed by atoms with van der Waals surface area (Å²) in [5.41, 5.74) is 0.601. The highest BCUT2D eigenvalue weighted by molar-refractivity contribution is 6.41. The first kappa shape index (κ1) is 16.6. The zero-order chi connectivity index (χ0) is 16.1. The van der Waals surface area contributed by atoms with Crippen molar-refractivity contribution in [1.82, 2.24) is 9.55 Å². The molecule has 1 N–H and O–H groups in total. The van der Waals surface area contributed by atoms with Crippen LogP contribution in [0.3, 0.4) is 0 Å². The first-order valence-corrected chi connectivity index (χ1v) is 7.27. The Morgan fingerprint density at radius 2 is 2.00 bits per heavy atom. The molecule has 0 aliphatic rings. The molecule has 1 amide bonds. The number of rotatable bonds is 6. The lowest BCUT2D eigenvalue weighted by Gasteiger charge is -2.09. The number of aromatic nitrogens is 2. The first-order valence-electron chi connectivity index (χ1n) is 6.51. The van der Waals surface area contributed by atoms with Crippen molar-refractivity contribution in [3.05, 3.63) is 40.4 Å².